The average Bonchev–Trinajstić information content (AvgIpc) is 2.63. The van der Waals surface area contributed by atoms with Crippen LogP contribution in [-0.2, 0) is 6.54 Å². The van der Waals surface area contributed by atoms with E-state index in [0.717, 1.165) is 6.54 Å². The molecule has 0 saturated heterocycles. The average molecular weight is 358 g/mol. The fraction of sp³-hybridized carbons (Fsp3) is 0.680. The quantitative estimate of drug-likeness (QED) is 0.270. The molecule has 0 aliphatic carbocycles. The van der Waals surface area contributed by atoms with Crippen LogP contribution in [0.5, 0.6) is 0 Å². The van der Waals surface area contributed by atoms with Crippen LogP contribution in [-0.4, -0.2) is 11.4 Å². The van der Waals surface area contributed by atoms with Gasteiger partial charge in [-0.25, -0.2) is 0 Å². The fourth-order valence-corrected chi connectivity index (χ4v) is 3.53. The maximum absolute atomic E-state index is 2.49. The molecular formula is C25H43N. The second-order valence-corrected chi connectivity index (χ2v) is 8.05. The van der Waals surface area contributed by atoms with E-state index in [2.05, 4.69) is 62.2 Å². The van der Waals surface area contributed by atoms with Gasteiger partial charge in [-0.2, -0.15) is 0 Å². The molecule has 0 N–H and O–H groups in total. The Hall–Kier alpha value is -1.24. The van der Waals surface area contributed by atoms with Gasteiger partial charge in [0.15, 0.2) is 0 Å². The summed E-state index contributed by atoms with van der Waals surface area (Å²) in [5, 5.41) is 0. The normalized spacial score (nSPS) is 10.7. The second-order valence-electron chi connectivity index (χ2n) is 8.05. The molecule has 1 rings (SSSR count). The molecule has 0 atom stereocenters. The minimum Gasteiger partial charge on any atom is -0.373 e. The molecule has 0 saturated carbocycles. The topological polar surface area (TPSA) is 3.24 Å². The zero-order valence-electron chi connectivity index (χ0n) is 17.8. The zero-order valence-corrected chi connectivity index (χ0v) is 17.8. The van der Waals surface area contributed by atoms with Gasteiger partial charge in [-0.15, -0.1) is 0 Å². The third-order valence-corrected chi connectivity index (χ3v) is 4.97. The molecule has 0 bridgehead atoms. The predicted molar refractivity (Wildman–Crippen MR) is 117 cm³/mol. The molecule has 0 radical (unpaired) electrons. The fourth-order valence-electron chi connectivity index (χ4n) is 3.53. The molecule has 0 heterocycles. The van der Waals surface area contributed by atoms with E-state index >= 15 is 0 Å². The molecule has 0 amide bonds. The van der Waals surface area contributed by atoms with Crippen molar-refractivity contribution in [2.75, 3.05) is 6.54 Å². The molecule has 0 unspecified atom stereocenters. The van der Waals surface area contributed by atoms with Crippen LogP contribution in [0.15, 0.2) is 42.1 Å². The summed E-state index contributed by atoms with van der Waals surface area (Å²) in [6.07, 6.45) is 19.3. The molecule has 1 heteroatoms. The van der Waals surface area contributed by atoms with E-state index in [-0.39, 0.29) is 0 Å². The first-order valence-electron chi connectivity index (χ1n) is 11.2. The van der Waals surface area contributed by atoms with Crippen LogP contribution >= 0.6 is 0 Å². The number of nitrogens with zero attached hydrogens (tertiary/aromatic N) is 1. The standard InChI is InChI=1S/C25H43N/c1-4-5-6-7-8-9-10-11-12-13-14-18-21-26(22-24(2)3)23-25-19-16-15-17-20-25/h15-17,19-20,22H,4-14,18,21,23H2,1-3H3. The highest BCUT2D eigenvalue weighted by Crippen LogP contribution is 2.13. The monoisotopic (exact) mass is 357 g/mol. The Bertz CT molecular complexity index is 444. The van der Waals surface area contributed by atoms with Crippen LogP contribution in [0.2, 0.25) is 0 Å². The van der Waals surface area contributed by atoms with Gasteiger partial charge in [-0.3, -0.25) is 0 Å². The van der Waals surface area contributed by atoms with Crippen molar-refractivity contribution in [3.63, 3.8) is 0 Å². The van der Waals surface area contributed by atoms with E-state index in [0.29, 0.717) is 0 Å². The van der Waals surface area contributed by atoms with Crippen molar-refractivity contribution in [3.05, 3.63) is 47.7 Å². The van der Waals surface area contributed by atoms with Crippen molar-refractivity contribution in [3.8, 4) is 0 Å². The van der Waals surface area contributed by atoms with Crippen LogP contribution in [0.3, 0.4) is 0 Å². The summed E-state index contributed by atoms with van der Waals surface area (Å²) in [4.78, 5) is 2.49. The minimum absolute atomic E-state index is 1.03. The van der Waals surface area contributed by atoms with Crippen molar-refractivity contribution in [1.29, 1.82) is 0 Å². The van der Waals surface area contributed by atoms with Gasteiger partial charge < -0.3 is 4.90 Å². The van der Waals surface area contributed by atoms with Gasteiger partial charge in [-0.05, 0) is 32.0 Å². The summed E-state index contributed by atoms with van der Waals surface area (Å²) in [5.41, 5.74) is 2.80. The first-order chi connectivity index (χ1) is 12.7. The molecule has 1 aromatic carbocycles. The lowest BCUT2D eigenvalue weighted by Gasteiger charge is -2.21. The number of hydrogen-bond acceptors (Lipinski definition) is 1. The van der Waals surface area contributed by atoms with Crippen molar-refractivity contribution in [2.45, 2.75) is 104 Å². The van der Waals surface area contributed by atoms with E-state index in [1.807, 2.05) is 0 Å². The van der Waals surface area contributed by atoms with Gasteiger partial charge >= 0.3 is 0 Å². The van der Waals surface area contributed by atoms with E-state index in [1.54, 1.807) is 0 Å². The minimum atomic E-state index is 1.03. The number of hydrogen-bond donors (Lipinski definition) is 0. The lowest BCUT2D eigenvalue weighted by atomic mass is 10.1. The van der Waals surface area contributed by atoms with E-state index in [1.165, 1.54) is 94.7 Å². The lowest BCUT2D eigenvalue weighted by molar-refractivity contribution is 0.352. The maximum atomic E-state index is 2.49. The van der Waals surface area contributed by atoms with Gasteiger partial charge in [-0.1, -0.05) is 113 Å². The first-order valence-corrected chi connectivity index (χ1v) is 11.2. The third kappa shape index (κ3) is 13.0. The largest absolute Gasteiger partial charge is 0.373 e. The maximum Gasteiger partial charge on any atom is 0.0423 e. The number of unbranched alkanes of at least 4 members (excludes halogenated alkanes) is 11. The molecule has 0 aromatic heterocycles. The van der Waals surface area contributed by atoms with Crippen LogP contribution in [0.25, 0.3) is 0 Å². The van der Waals surface area contributed by atoms with Crippen LogP contribution in [0.4, 0.5) is 0 Å². The van der Waals surface area contributed by atoms with Crippen LogP contribution in [0, 0.1) is 0 Å². The molecule has 26 heavy (non-hydrogen) atoms. The summed E-state index contributed by atoms with van der Waals surface area (Å²) in [6.45, 7) is 8.89. The first kappa shape index (κ1) is 22.8. The zero-order chi connectivity index (χ0) is 18.9. The van der Waals surface area contributed by atoms with Gasteiger partial charge in [0, 0.05) is 13.1 Å². The Labute approximate surface area is 163 Å². The van der Waals surface area contributed by atoms with Crippen LogP contribution in [0.1, 0.15) is 103 Å². The lowest BCUT2D eigenvalue weighted by Crippen LogP contribution is -2.18. The Balaban J connectivity index is 2.05. The van der Waals surface area contributed by atoms with Crippen molar-refractivity contribution < 1.29 is 0 Å². The number of rotatable bonds is 16. The summed E-state index contributed by atoms with van der Waals surface area (Å²) < 4.78 is 0. The summed E-state index contributed by atoms with van der Waals surface area (Å²) in [6, 6.07) is 10.8. The molecule has 0 aliphatic rings. The Morgan fingerprint density at radius 3 is 1.73 bits per heavy atom. The highest BCUT2D eigenvalue weighted by atomic mass is 15.1. The van der Waals surface area contributed by atoms with Crippen molar-refractivity contribution in [2.24, 2.45) is 0 Å². The summed E-state index contributed by atoms with van der Waals surface area (Å²) in [5.74, 6) is 0. The number of benzene rings is 1. The molecule has 148 valence electrons. The molecule has 1 aromatic rings. The summed E-state index contributed by atoms with van der Waals surface area (Å²) >= 11 is 0. The van der Waals surface area contributed by atoms with Gasteiger partial charge in [0.25, 0.3) is 0 Å². The highest BCUT2D eigenvalue weighted by Gasteiger charge is 2.02. The van der Waals surface area contributed by atoms with E-state index < -0.39 is 0 Å². The van der Waals surface area contributed by atoms with E-state index in [4.69, 9.17) is 0 Å². The third-order valence-electron chi connectivity index (χ3n) is 4.97. The van der Waals surface area contributed by atoms with Gasteiger partial charge in [0.2, 0.25) is 0 Å². The smallest absolute Gasteiger partial charge is 0.0423 e. The van der Waals surface area contributed by atoms with Crippen LogP contribution < -0.4 is 0 Å². The van der Waals surface area contributed by atoms with Gasteiger partial charge in [0.05, 0.1) is 0 Å². The van der Waals surface area contributed by atoms with Gasteiger partial charge in [0.1, 0.15) is 0 Å². The predicted octanol–water partition coefficient (Wildman–Crippen LogP) is 8.11. The number of allylic oxidation sites excluding steroid dienone is 1. The van der Waals surface area contributed by atoms with Crippen molar-refractivity contribution in [1.82, 2.24) is 4.90 Å². The van der Waals surface area contributed by atoms with E-state index in [9.17, 15) is 0 Å². The highest BCUT2D eigenvalue weighted by molar-refractivity contribution is 5.15. The second kappa shape index (κ2) is 16.0. The van der Waals surface area contributed by atoms with Crippen molar-refractivity contribution >= 4 is 0 Å². The Kier molecular flexibility index (Phi) is 14.0. The Morgan fingerprint density at radius 2 is 1.23 bits per heavy atom. The Morgan fingerprint density at radius 1 is 0.731 bits per heavy atom. The molecule has 0 fully saturated rings. The summed E-state index contributed by atoms with van der Waals surface area (Å²) in [7, 11) is 0. The molecular weight excluding hydrogens is 314 g/mol. The SMILES string of the molecule is CCCCCCCCCCCCCCN(C=C(C)C)Cc1ccccc1. The molecule has 1 nitrogen and oxygen atoms in total. The molecule has 0 spiro atoms. The molecule has 0 aliphatic heterocycles.